The molecule has 2 N–H and O–H groups in total. The number of halogens is 1. The Hall–Kier alpha value is -3.40. The van der Waals surface area contributed by atoms with Gasteiger partial charge < -0.3 is 14.9 Å². The minimum atomic E-state index is -0.645. The molecular formula is C22H25FN6O3. The molecule has 10 heteroatoms. The molecule has 1 saturated heterocycles. The van der Waals surface area contributed by atoms with Gasteiger partial charge in [0.2, 0.25) is 17.6 Å². The van der Waals surface area contributed by atoms with Crippen LogP contribution in [0, 0.1) is 5.82 Å². The molecule has 4 rings (SSSR count). The molecule has 3 heterocycles. The number of nitrogens with zero attached hydrogens (tertiary/aromatic N) is 5. The molecule has 2 aromatic heterocycles. The number of hydrogen-bond donors (Lipinski definition) is 2. The van der Waals surface area contributed by atoms with Crippen LogP contribution in [0.3, 0.4) is 0 Å². The van der Waals surface area contributed by atoms with Crippen molar-refractivity contribution < 1.29 is 18.8 Å². The zero-order valence-corrected chi connectivity index (χ0v) is 17.6. The van der Waals surface area contributed by atoms with Crippen LogP contribution < -0.4 is 5.32 Å². The molecule has 0 aliphatic carbocycles. The molecule has 0 saturated carbocycles. The van der Waals surface area contributed by atoms with Crippen molar-refractivity contribution in [3.8, 4) is 17.3 Å². The van der Waals surface area contributed by atoms with Crippen molar-refractivity contribution in [2.75, 3.05) is 19.6 Å². The van der Waals surface area contributed by atoms with Gasteiger partial charge in [-0.3, -0.25) is 14.7 Å². The van der Waals surface area contributed by atoms with Crippen molar-refractivity contribution in [2.24, 2.45) is 0 Å². The van der Waals surface area contributed by atoms with Crippen molar-refractivity contribution in [1.82, 2.24) is 30.3 Å². The molecule has 32 heavy (non-hydrogen) atoms. The van der Waals surface area contributed by atoms with Crippen LogP contribution in [0.5, 0.6) is 5.75 Å². The number of carbonyl (C=O) groups excluding carboxylic acids is 1. The maximum atomic E-state index is 13.7. The number of phenolic OH excluding ortho intramolecular Hbond substituents is 1. The topological polar surface area (TPSA) is 117 Å². The normalized spacial score (nSPS) is 18.7. The number of phenols is 1. The number of benzene rings is 1. The average molecular weight is 440 g/mol. The maximum absolute atomic E-state index is 13.7. The van der Waals surface area contributed by atoms with Gasteiger partial charge in [0, 0.05) is 49.9 Å². The number of aromatic hydroxyl groups is 1. The number of carbonyl (C=O) groups is 1. The number of rotatable bonds is 4. The molecule has 1 aromatic carbocycles. The second-order valence-electron chi connectivity index (χ2n) is 7.80. The minimum absolute atomic E-state index is 0.0178. The summed E-state index contributed by atoms with van der Waals surface area (Å²) >= 11 is 0. The Morgan fingerprint density at radius 3 is 3.00 bits per heavy atom. The fraction of sp³-hybridized carbons (Fsp3) is 0.409. The first-order valence-electron chi connectivity index (χ1n) is 10.7. The molecule has 1 aliphatic rings. The third-order valence-corrected chi connectivity index (χ3v) is 5.54. The average Bonchev–Trinajstić information content (AvgIpc) is 3.28. The van der Waals surface area contributed by atoms with Crippen molar-refractivity contribution in [2.45, 2.75) is 38.1 Å². The number of amides is 1. The van der Waals surface area contributed by atoms with Gasteiger partial charge in [0.1, 0.15) is 5.69 Å². The predicted octanol–water partition coefficient (Wildman–Crippen LogP) is 2.65. The summed E-state index contributed by atoms with van der Waals surface area (Å²) in [5.74, 6) is -0.163. The SMILES string of the molecule is O=C1CCN(Cc2cccc(F)c2O)CCCC(c2nc(-c3cnccn3)no2)CCN1. The third kappa shape index (κ3) is 5.44. The summed E-state index contributed by atoms with van der Waals surface area (Å²) in [6, 6.07) is 4.49. The van der Waals surface area contributed by atoms with E-state index in [0.29, 0.717) is 62.0 Å². The van der Waals surface area contributed by atoms with Crippen LogP contribution in [0.1, 0.15) is 43.1 Å². The molecule has 0 spiro atoms. The molecule has 1 fully saturated rings. The molecule has 0 bridgehead atoms. The van der Waals surface area contributed by atoms with Crippen LogP contribution >= 0.6 is 0 Å². The molecule has 9 nitrogen and oxygen atoms in total. The lowest BCUT2D eigenvalue weighted by atomic mass is 9.99. The van der Waals surface area contributed by atoms with Crippen molar-refractivity contribution >= 4 is 5.91 Å². The summed E-state index contributed by atoms with van der Waals surface area (Å²) in [7, 11) is 0. The van der Waals surface area contributed by atoms with E-state index in [1.807, 2.05) is 0 Å². The lowest BCUT2D eigenvalue weighted by Gasteiger charge is -2.22. The van der Waals surface area contributed by atoms with Gasteiger partial charge in [-0.15, -0.1) is 0 Å². The van der Waals surface area contributed by atoms with Crippen LogP contribution in [0.25, 0.3) is 11.5 Å². The van der Waals surface area contributed by atoms with Gasteiger partial charge in [-0.1, -0.05) is 17.3 Å². The van der Waals surface area contributed by atoms with Crippen LogP contribution in [-0.4, -0.2) is 55.7 Å². The quantitative estimate of drug-likeness (QED) is 0.636. The maximum Gasteiger partial charge on any atom is 0.230 e. The lowest BCUT2D eigenvalue weighted by molar-refractivity contribution is -0.121. The van der Waals surface area contributed by atoms with Crippen molar-refractivity contribution in [3.63, 3.8) is 0 Å². The monoisotopic (exact) mass is 440 g/mol. The minimum Gasteiger partial charge on any atom is -0.505 e. The van der Waals surface area contributed by atoms with E-state index >= 15 is 0 Å². The molecule has 1 atom stereocenters. The number of para-hydroxylation sites is 1. The van der Waals surface area contributed by atoms with Gasteiger partial charge in [-0.25, -0.2) is 9.37 Å². The Morgan fingerprint density at radius 1 is 1.25 bits per heavy atom. The zero-order chi connectivity index (χ0) is 22.3. The van der Waals surface area contributed by atoms with Crippen LogP contribution in [-0.2, 0) is 11.3 Å². The molecule has 168 valence electrons. The standard InChI is InChI=1S/C22H25FN6O3/c23-17-5-1-3-16(20(17)31)14-29-11-2-4-15(6-8-26-19(30)7-12-29)22-27-21(28-32-22)18-13-24-9-10-25-18/h1,3,5,9-10,13,15,31H,2,4,6-8,11-12,14H2,(H,26,30). The van der Waals surface area contributed by atoms with Gasteiger partial charge in [0.05, 0.1) is 6.20 Å². The largest absolute Gasteiger partial charge is 0.505 e. The van der Waals surface area contributed by atoms with Gasteiger partial charge in [-0.05, 0) is 31.9 Å². The fourth-order valence-electron chi connectivity index (χ4n) is 3.80. The van der Waals surface area contributed by atoms with E-state index in [9.17, 15) is 14.3 Å². The zero-order valence-electron chi connectivity index (χ0n) is 17.6. The van der Waals surface area contributed by atoms with Crippen molar-refractivity contribution in [1.29, 1.82) is 0 Å². The molecule has 1 aliphatic heterocycles. The first kappa shape index (κ1) is 21.8. The van der Waals surface area contributed by atoms with E-state index < -0.39 is 5.82 Å². The number of nitrogens with one attached hydrogen (secondary N) is 1. The first-order valence-corrected chi connectivity index (χ1v) is 10.7. The second kappa shape index (κ2) is 10.3. The van der Waals surface area contributed by atoms with Gasteiger partial charge in [0.25, 0.3) is 0 Å². The number of hydrogen-bond acceptors (Lipinski definition) is 8. The Labute approximate surface area is 184 Å². The first-order chi connectivity index (χ1) is 15.6. The van der Waals surface area contributed by atoms with E-state index in [1.165, 1.54) is 6.07 Å². The van der Waals surface area contributed by atoms with Crippen LogP contribution in [0.2, 0.25) is 0 Å². The van der Waals surface area contributed by atoms with E-state index in [0.717, 1.165) is 12.8 Å². The third-order valence-electron chi connectivity index (χ3n) is 5.54. The summed E-state index contributed by atoms with van der Waals surface area (Å²) in [6.45, 7) is 2.07. The summed E-state index contributed by atoms with van der Waals surface area (Å²) in [5.41, 5.74) is 1.04. The molecule has 1 amide bonds. The van der Waals surface area contributed by atoms with Gasteiger partial charge in [-0.2, -0.15) is 4.98 Å². The fourth-order valence-corrected chi connectivity index (χ4v) is 3.80. The lowest BCUT2D eigenvalue weighted by Crippen LogP contribution is -2.31. The Kier molecular flexibility index (Phi) is 7.00. The summed E-state index contributed by atoms with van der Waals surface area (Å²) in [4.78, 5) is 27.0. The smallest absolute Gasteiger partial charge is 0.230 e. The highest BCUT2D eigenvalue weighted by Gasteiger charge is 2.22. The van der Waals surface area contributed by atoms with E-state index in [2.05, 4.69) is 30.3 Å². The van der Waals surface area contributed by atoms with Crippen LogP contribution in [0.4, 0.5) is 4.39 Å². The summed E-state index contributed by atoms with van der Waals surface area (Å²) < 4.78 is 19.2. The van der Waals surface area contributed by atoms with E-state index in [-0.39, 0.29) is 17.6 Å². The van der Waals surface area contributed by atoms with Crippen molar-refractivity contribution in [3.05, 3.63) is 54.1 Å². The molecule has 0 radical (unpaired) electrons. The highest BCUT2D eigenvalue weighted by molar-refractivity contribution is 5.76. The highest BCUT2D eigenvalue weighted by atomic mass is 19.1. The summed E-state index contributed by atoms with van der Waals surface area (Å²) in [6.07, 6.45) is 7.33. The van der Waals surface area contributed by atoms with Crippen LogP contribution in [0.15, 0.2) is 41.3 Å². The Bertz CT molecular complexity index is 1050. The van der Waals surface area contributed by atoms with E-state index in [4.69, 9.17) is 4.52 Å². The summed E-state index contributed by atoms with van der Waals surface area (Å²) in [5, 5.41) is 17.0. The molecule has 3 aromatic rings. The molecule has 1 unspecified atom stereocenters. The highest BCUT2D eigenvalue weighted by Crippen LogP contribution is 2.27. The Morgan fingerprint density at radius 2 is 2.16 bits per heavy atom. The predicted molar refractivity (Wildman–Crippen MR) is 113 cm³/mol. The second-order valence-corrected chi connectivity index (χ2v) is 7.80. The number of aromatic nitrogens is 4. The van der Waals surface area contributed by atoms with Gasteiger partial charge >= 0.3 is 0 Å². The van der Waals surface area contributed by atoms with E-state index in [1.54, 1.807) is 30.7 Å². The Balaban J connectivity index is 1.45. The van der Waals surface area contributed by atoms with Gasteiger partial charge in [0.15, 0.2) is 11.6 Å². The molecular weight excluding hydrogens is 415 g/mol.